The number of rotatable bonds is 4. The first-order valence-electron chi connectivity index (χ1n) is 5.38. The van der Waals surface area contributed by atoms with E-state index in [9.17, 15) is 8.78 Å². The quantitative estimate of drug-likeness (QED) is 0.888. The second-order valence-electron chi connectivity index (χ2n) is 3.88. The summed E-state index contributed by atoms with van der Waals surface area (Å²) in [7, 11) is 0. The van der Waals surface area contributed by atoms with Crippen molar-refractivity contribution in [1.82, 2.24) is 0 Å². The molecule has 1 aromatic carbocycles. The van der Waals surface area contributed by atoms with E-state index in [-0.39, 0.29) is 12.5 Å². The van der Waals surface area contributed by atoms with Crippen LogP contribution in [0.15, 0.2) is 41.0 Å². The predicted octanol–water partition coefficient (Wildman–Crippen LogP) is 2.84. The number of halogens is 2. The fraction of sp³-hybridized carbons (Fsp3) is 0.231. The molecule has 0 amide bonds. The second-order valence-corrected chi connectivity index (χ2v) is 3.88. The Morgan fingerprint density at radius 3 is 2.71 bits per heavy atom. The van der Waals surface area contributed by atoms with Crippen LogP contribution in [0.3, 0.4) is 0 Å². The molecule has 1 unspecified atom stereocenters. The zero-order chi connectivity index (χ0) is 12.3. The van der Waals surface area contributed by atoms with E-state index in [1.807, 2.05) is 0 Å². The summed E-state index contributed by atoms with van der Waals surface area (Å²) in [6.45, 7) is 0.237. The van der Waals surface area contributed by atoms with Gasteiger partial charge in [0.05, 0.1) is 6.26 Å². The molecule has 0 radical (unpaired) electrons. The smallest absolute Gasteiger partial charge is 0.126 e. The highest BCUT2D eigenvalue weighted by atomic mass is 19.1. The Morgan fingerprint density at radius 2 is 2.06 bits per heavy atom. The molecule has 0 fully saturated rings. The van der Waals surface area contributed by atoms with E-state index >= 15 is 0 Å². The van der Waals surface area contributed by atoms with Crippen molar-refractivity contribution in [2.45, 2.75) is 12.3 Å². The Kier molecular flexibility index (Phi) is 3.54. The summed E-state index contributed by atoms with van der Waals surface area (Å²) in [5.74, 6) is -0.464. The van der Waals surface area contributed by atoms with Crippen LogP contribution in [0.5, 0.6) is 0 Å². The average molecular weight is 237 g/mol. The highest BCUT2D eigenvalue weighted by Gasteiger charge is 2.17. The van der Waals surface area contributed by atoms with Crippen LogP contribution >= 0.6 is 0 Å². The summed E-state index contributed by atoms with van der Waals surface area (Å²) >= 11 is 0. The molecular weight excluding hydrogens is 224 g/mol. The molecule has 0 aliphatic rings. The van der Waals surface area contributed by atoms with Crippen molar-refractivity contribution < 1.29 is 13.2 Å². The van der Waals surface area contributed by atoms with Gasteiger partial charge < -0.3 is 10.2 Å². The van der Waals surface area contributed by atoms with Gasteiger partial charge in [0.25, 0.3) is 0 Å². The van der Waals surface area contributed by atoms with Gasteiger partial charge >= 0.3 is 0 Å². The van der Waals surface area contributed by atoms with Crippen molar-refractivity contribution >= 4 is 0 Å². The van der Waals surface area contributed by atoms with E-state index in [0.717, 1.165) is 12.1 Å². The normalized spacial score (nSPS) is 12.6. The topological polar surface area (TPSA) is 39.2 Å². The minimum atomic E-state index is -0.459. The third-order valence-corrected chi connectivity index (χ3v) is 2.71. The number of furan rings is 1. The lowest BCUT2D eigenvalue weighted by molar-refractivity contribution is 0.477. The first-order chi connectivity index (χ1) is 8.20. The molecule has 2 N–H and O–H groups in total. The molecule has 1 atom stereocenters. The first kappa shape index (κ1) is 11.8. The average Bonchev–Trinajstić information content (AvgIpc) is 2.82. The van der Waals surface area contributed by atoms with Crippen LogP contribution in [0.4, 0.5) is 8.78 Å². The van der Waals surface area contributed by atoms with E-state index in [1.165, 1.54) is 6.07 Å². The van der Waals surface area contributed by atoms with Crippen molar-refractivity contribution in [1.29, 1.82) is 0 Å². The molecule has 2 aromatic rings. The molecule has 0 saturated carbocycles. The van der Waals surface area contributed by atoms with Gasteiger partial charge in [-0.2, -0.15) is 0 Å². The molecule has 2 rings (SSSR count). The molecule has 0 saturated heterocycles. The van der Waals surface area contributed by atoms with E-state index in [4.69, 9.17) is 10.2 Å². The summed E-state index contributed by atoms with van der Waals surface area (Å²) in [6, 6.07) is 6.95. The molecule has 2 nitrogen and oxygen atoms in total. The maximum absolute atomic E-state index is 13.6. The number of nitrogens with two attached hydrogens (primary N) is 1. The summed E-state index contributed by atoms with van der Waals surface area (Å²) < 4.78 is 31.9. The fourth-order valence-electron chi connectivity index (χ4n) is 1.82. The largest absolute Gasteiger partial charge is 0.469 e. The molecule has 17 heavy (non-hydrogen) atoms. The minimum absolute atomic E-state index is 0.237. The minimum Gasteiger partial charge on any atom is -0.469 e. The maximum Gasteiger partial charge on any atom is 0.126 e. The zero-order valence-electron chi connectivity index (χ0n) is 9.20. The van der Waals surface area contributed by atoms with Gasteiger partial charge in [0.1, 0.15) is 17.4 Å². The molecular formula is C13H13F2NO. The highest BCUT2D eigenvalue weighted by Crippen LogP contribution is 2.23. The van der Waals surface area contributed by atoms with Crippen LogP contribution in [0.2, 0.25) is 0 Å². The van der Waals surface area contributed by atoms with Crippen LogP contribution in [-0.4, -0.2) is 6.54 Å². The summed E-state index contributed by atoms with van der Waals surface area (Å²) in [6.07, 6.45) is 2.01. The monoisotopic (exact) mass is 237 g/mol. The van der Waals surface area contributed by atoms with Crippen LogP contribution in [0.1, 0.15) is 17.2 Å². The number of hydrogen-bond acceptors (Lipinski definition) is 2. The van der Waals surface area contributed by atoms with Gasteiger partial charge in [-0.05, 0) is 42.4 Å². The third kappa shape index (κ3) is 2.71. The number of hydrogen-bond donors (Lipinski definition) is 1. The van der Waals surface area contributed by atoms with Crippen molar-refractivity contribution in [3.8, 4) is 0 Å². The standard InChI is InChI=1S/C13H13F2NO/c14-10-3-4-13(15)12(7-10)9(8-16)6-11-2-1-5-17-11/h1-5,7,9H,6,8,16H2. The Morgan fingerprint density at radius 1 is 1.24 bits per heavy atom. The van der Waals surface area contributed by atoms with E-state index in [2.05, 4.69) is 0 Å². The second kappa shape index (κ2) is 5.10. The van der Waals surface area contributed by atoms with E-state index in [1.54, 1.807) is 18.4 Å². The Balaban J connectivity index is 2.25. The van der Waals surface area contributed by atoms with Gasteiger partial charge in [0, 0.05) is 12.3 Å². The molecule has 0 aliphatic carbocycles. The van der Waals surface area contributed by atoms with Crippen molar-refractivity contribution in [2.75, 3.05) is 6.54 Å². The van der Waals surface area contributed by atoms with Crippen molar-refractivity contribution in [3.63, 3.8) is 0 Å². The van der Waals surface area contributed by atoms with Gasteiger partial charge in [-0.25, -0.2) is 8.78 Å². The third-order valence-electron chi connectivity index (χ3n) is 2.71. The first-order valence-corrected chi connectivity index (χ1v) is 5.38. The van der Waals surface area contributed by atoms with Crippen molar-refractivity contribution in [2.24, 2.45) is 5.73 Å². The molecule has 1 aromatic heterocycles. The lowest BCUT2D eigenvalue weighted by Crippen LogP contribution is -2.16. The Bertz CT molecular complexity index is 482. The van der Waals surface area contributed by atoms with Gasteiger partial charge in [-0.3, -0.25) is 0 Å². The van der Waals surface area contributed by atoms with E-state index in [0.29, 0.717) is 17.7 Å². The molecule has 0 spiro atoms. The lowest BCUT2D eigenvalue weighted by Gasteiger charge is -2.14. The van der Waals surface area contributed by atoms with Crippen LogP contribution in [0.25, 0.3) is 0 Å². The van der Waals surface area contributed by atoms with Crippen LogP contribution in [-0.2, 0) is 6.42 Å². The van der Waals surface area contributed by atoms with Crippen molar-refractivity contribution in [3.05, 3.63) is 59.6 Å². The number of benzene rings is 1. The lowest BCUT2D eigenvalue weighted by atomic mass is 9.94. The SMILES string of the molecule is NCC(Cc1ccco1)c1cc(F)ccc1F. The summed E-state index contributed by atoms with van der Waals surface area (Å²) in [5, 5.41) is 0. The van der Waals surface area contributed by atoms with Gasteiger partial charge in [-0.1, -0.05) is 0 Å². The molecule has 90 valence electrons. The zero-order valence-corrected chi connectivity index (χ0v) is 9.20. The molecule has 0 bridgehead atoms. The van der Waals surface area contributed by atoms with Gasteiger partial charge in [0.2, 0.25) is 0 Å². The maximum atomic E-state index is 13.6. The van der Waals surface area contributed by atoms with Crippen LogP contribution in [0, 0.1) is 11.6 Å². The molecule has 0 aliphatic heterocycles. The summed E-state index contributed by atoms with van der Waals surface area (Å²) in [5.41, 5.74) is 5.90. The van der Waals surface area contributed by atoms with Gasteiger partial charge in [-0.15, -0.1) is 0 Å². The van der Waals surface area contributed by atoms with Crippen LogP contribution < -0.4 is 5.73 Å². The fourth-order valence-corrected chi connectivity index (χ4v) is 1.82. The van der Waals surface area contributed by atoms with Gasteiger partial charge in [0.15, 0.2) is 0 Å². The molecule has 4 heteroatoms. The Hall–Kier alpha value is -1.68. The molecule has 1 heterocycles. The highest BCUT2D eigenvalue weighted by molar-refractivity contribution is 5.24. The van der Waals surface area contributed by atoms with E-state index < -0.39 is 11.6 Å². The Labute approximate surface area is 98.0 Å². The summed E-state index contributed by atoms with van der Waals surface area (Å²) in [4.78, 5) is 0. The predicted molar refractivity (Wildman–Crippen MR) is 60.6 cm³/mol.